The lowest BCUT2D eigenvalue weighted by Crippen LogP contribution is -2.39. The quantitative estimate of drug-likeness (QED) is 0.602. The number of hydrogen-bond donors (Lipinski definition) is 1. The summed E-state index contributed by atoms with van der Waals surface area (Å²) in [6.07, 6.45) is -1.85. The number of aromatic nitrogens is 2. The first-order valence-corrected chi connectivity index (χ1v) is 9.88. The molecule has 1 aromatic heterocycles. The third kappa shape index (κ3) is 4.64. The molecular weight excluding hydrogens is 458 g/mol. The van der Waals surface area contributed by atoms with Gasteiger partial charge in [-0.25, -0.2) is 8.78 Å². The van der Waals surface area contributed by atoms with E-state index in [0.29, 0.717) is 18.0 Å². The van der Waals surface area contributed by atoms with Gasteiger partial charge in [0.15, 0.2) is 10.9 Å². The zero-order valence-electron chi connectivity index (χ0n) is 14.3. The standard InChI is InChI=1S/C17H15Cl4F2N3O2/c18-8-4-10(19)15(11(20)5-8)28-7-9-2-1-3-26(9)17(27)14-12(6-13(22)23)24-25-16(14)21/h4-5,9,13H,1-3,6-7H2,(H,24,25)/t9-/m0/s1. The summed E-state index contributed by atoms with van der Waals surface area (Å²) in [6, 6.07) is 2.72. The fourth-order valence-electron chi connectivity index (χ4n) is 3.14. The fraction of sp³-hybridized carbons (Fsp3) is 0.412. The summed E-state index contributed by atoms with van der Waals surface area (Å²) >= 11 is 24.1. The molecule has 1 fully saturated rings. The van der Waals surface area contributed by atoms with Gasteiger partial charge < -0.3 is 9.64 Å². The molecule has 0 aliphatic carbocycles. The van der Waals surface area contributed by atoms with Crippen LogP contribution in [0.2, 0.25) is 20.2 Å². The molecule has 0 saturated carbocycles. The number of H-pyrrole nitrogens is 1. The van der Waals surface area contributed by atoms with E-state index in [1.165, 1.54) is 12.1 Å². The predicted octanol–water partition coefficient (Wildman–Crippen LogP) is 5.51. The number of amides is 1. The Hall–Kier alpha value is -1.28. The number of halogens is 6. The minimum absolute atomic E-state index is 0.0142. The number of nitrogens with one attached hydrogen (secondary N) is 1. The Balaban J connectivity index is 1.75. The van der Waals surface area contributed by atoms with Crippen molar-refractivity contribution in [1.29, 1.82) is 0 Å². The first kappa shape index (κ1) is 21.4. The summed E-state index contributed by atoms with van der Waals surface area (Å²) in [7, 11) is 0. The van der Waals surface area contributed by atoms with Gasteiger partial charge in [0.2, 0.25) is 6.43 Å². The Morgan fingerprint density at radius 3 is 2.61 bits per heavy atom. The number of likely N-dealkylation sites (tertiary alicyclic amines) is 1. The highest BCUT2D eigenvalue weighted by Crippen LogP contribution is 2.36. The zero-order chi connectivity index (χ0) is 20.4. The highest BCUT2D eigenvalue weighted by molar-refractivity contribution is 6.40. The van der Waals surface area contributed by atoms with Crippen molar-refractivity contribution < 1.29 is 18.3 Å². The molecule has 1 amide bonds. The van der Waals surface area contributed by atoms with Crippen molar-refractivity contribution in [3.8, 4) is 5.75 Å². The molecule has 0 spiro atoms. The molecule has 1 aliphatic rings. The predicted molar refractivity (Wildman–Crippen MR) is 104 cm³/mol. The third-order valence-corrected chi connectivity index (χ3v) is 5.44. The molecule has 0 unspecified atom stereocenters. The SMILES string of the molecule is O=C(c1c(Cl)n[nH]c1CC(F)F)N1CCC[C@H]1COc1c(Cl)cc(Cl)cc1Cl. The molecule has 2 aromatic rings. The van der Waals surface area contributed by atoms with Crippen molar-refractivity contribution in [2.45, 2.75) is 31.7 Å². The van der Waals surface area contributed by atoms with Crippen molar-refractivity contribution in [1.82, 2.24) is 15.1 Å². The normalized spacial score (nSPS) is 16.8. The number of nitrogens with zero attached hydrogens (tertiary/aromatic N) is 2. The van der Waals surface area contributed by atoms with Crippen molar-refractivity contribution in [2.24, 2.45) is 0 Å². The maximum absolute atomic E-state index is 12.9. The lowest BCUT2D eigenvalue weighted by Gasteiger charge is -2.25. The molecular formula is C17H15Cl4F2N3O2. The molecule has 1 atom stereocenters. The second-order valence-electron chi connectivity index (χ2n) is 6.27. The molecule has 1 N–H and O–H groups in total. The van der Waals surface area contributed by atoms with E-state index in [2.05, 4.69) is 10.2 Å². The van der Waals surface area contributed by atoms with Gasteiger partial charge in [-0.1, -0.05) is 46.4 Å². The zero-order valence-corrected chi connectivity index (χ0v) is 17.3. The van der Waals surface area contributed by atoms with Gasteiger partial charge in [-0.05, 0) is 25.0 Å². The largest absolute Gasteiger partial charge is 0.488 e. The van der Waals surface area contributed by atoms with Crippen LogP contribution in [0, 0.1) is 0 Å². The van der Waals surface area contributed by atoms with Gasteiger partial charge in [0.25, 0.3) is 5.91 Å². The number of alkyl halides is 2. The molecule has 11 heteroatoms. The van der Waals surface area contributed by atoms with Gasteiger partial charge >= 0.3 is 0 Å². The van der Waals surface area contributed by atoms with Gasteiger partial charge in [-0.15, -0.1) is 0 Å². The van der Waals surface area contributed by atoms with Crippen LogP contribution in [0.5, 0.6) is 5.75 Å². The molecule has 3 rings (SSSR count). The average Bonchev–Trinajstić information content (AvgIpc) is 3.20. The van der Waals surface area contributed by atoms with Crippen LogP contribution in [0.1, 0.15) is 28.9 Å². The van der Waals surface area contributed by atoms with Crippen LogP contribution in [0.15, 0.2) is 12.1 Å². The fourth-order valence-corrected chi connectivity index (χ4v) is 4.30. The highest BCUT2D eigenvalue weighted by atomic mass is 35.5. The van der Waals surface area contributed by atoms with Crippen molar-refractivity contribution in [2.75, 3.05) is 13.2 Å². The number of ether oxygens (including phenoxy) is 1. The monoisotopic (exact) mass is 471 g/mol. The van der Waals surface area contributed by atoms with Gasteiger partial charge in [0.1, 0.15) is 6.61 Å². The highest BCUT2D eigenvalue weighted by Gasteiger charge is 2.34. The maximum Gasteiger partial charge on any atom is 0.259 e. The number of carbonyl (C=O) groups excluding carboxylic acids is 1. The second-order valence-corrected chi connectivity index (χ2v) is 7.88. The Kier molecular flexibility index (Phi) is 6.91. The number of rotatable bonds is 6. The van der Waals surface area contributed by atoms with E-state index >= 15 is 0 Å². The van der Waals surface area contributed by atoms with Gasteiger partial charge in [-0.3, -0.25) is 9.89 Å². The van der Waals surface area contributed by atoms with Crippen molar-refractivity contribution in [3.05, 3.63) is 43.6 Å². The van der Waals surface area contributed by atoms with Crippen LogP contribution in [-0.2, 0) is 6.42 Å². The van der Waals surface area contributed by atoms with E-state index < -0.39 is 18.8 Å². The summed E-state index contributed by atoms with van der Waals surface area (Å²) in [5, 5.41) is 6.87. The number of aromatic amines is 1. The van der Waals surface area contributed by atoms with Gasteiger partial charge in [0, 0.05) is 11.6 Å². The van der Waals surface area contributed by atoms with E-state index in [1.54, 1.807) is 4.90 Å². The van der Waals surface area contributed by atoms with Crippen molar-refractivity contribution >= 4 is 52.3 Å². The molecule has 152 valence electrons. The minimum atomic E-state index is -2.63. The Labute approximate surface area is 179 Å². The Morgan fingerprint density at radius 1 is 1.29 bits per heavy atom. The smallest absolute Gasteiger partial charge is 0.259 e. The lowest BCUT2D eigenvalue weighted by atomic mass is 10.1. The molecule has 28 heavy (non-hydrogen) atoms. The van der Waals surface area contributed by atoms with E-state index in [-0.39, 0.29) is 44.9 Å². The Morgan fingerprint density at radius 2 is 1.96 bits per heavy atom. The van der Waals surface area contributed by atoms with Crippen LogP contribution in [0.3, 0.4) is 0 Å². The van der Waals surface area contributed by atoms with E-state index in [9.17, 15) is 13.6 Å². The van der Waals surface area contributed by atoms with Gasteiger partial charge in [-0.2, -0.15) is 5.10 Å². The van der Waals surface area contributed by atoms with E-state index in [1.807, 2.05) is 0 Å². The summed E-state index contributed by atoms with van der Waals surface area (Å²) < 4.78 is 31.3. The van der Waals surface area contributed by atoms with Crippen LogP contribution < -0.4 is 4.74 Å². The molecule has 0 radical (unpaired) electrons. The summed E-state index contributed by atoms with van der Waals surface area (Å²) in [5.41, 5.74) is -0.0169. The number of hydrogen-bond acceptors (Lipinski definition) is 3. The molecule has 1 aliphatic heterocycles. The molecule has 1 aromatic carbocycles. The molecule has 2 heterocycles. The van der Waals surface area contributed by atoms with Crippen molar-refractivity contribution in [3.63, 3.8) is 0 Å². The first-order valence-electron chi connectivity index (χ1n) is 8.37. The minimum Gasteiger partial charge on any atom is -0.488 e. The second kappa shape index (κ2) is 9.03. The average molecular weight is 473 g/mol. The topological polar surface area (TPSA) is 58.2 Å². The lowest BCUT2D eigenvalue weighted by molar-refractivity contribution is 0.0689. The summed E-state index contributed by atoms with van der Waals surface area (Å²) in [5.74, 6) is -0.194. The van der Waals surface area contributed by atoms with Crippen LogP contribution in [0.4, 0.5) is 8.78 Å². The third-order valence-electron chi connectivity index (χ3n) is 4.39. The summed E-state index contributed by atoms with van der Waals surface area (Å²) in [4.78, 5) is 14.5. The van der Waals surface area contributed by atoms with Crippen LogP contribution >= 0.6 is 46.4 Å². The van der Waals surface area contributed by atoms with Crippen LogP contribution in [0.25, 0.3) is 0 Å². The number of carbonyl (C=O) groups is 1. The van der Waals surface area contributed by atoms with Gasteiger partial charge in [0.05, 0.1) is 33.8 Å². The number of benzene rings is 1. The molecule has 1 saturated heterocycles. The Bertz CT molecular complexity index is 855. The molecule has 5 nitrogen and oxygen atoms in total. The maximum atomic E-state index is 12.9. The van der Waals surface area contributed by atoms with E-state index in [4.69, 9.17) is 51.1 Å². The summed E-state index contributed by atoms with van der Waals surface area (Å²) in [6.45, 7) is 0.580. The molecule has 0 bridgehead atoms. The van der Waals surface area contributed by atoms with Crippen LogP contribution in [-0.4, -0.2) is 46.6 Å². The van der Waals surface area contributed by atoms with E-state index in [0.717, 1.165) is 6.42 Å². The first-order chi connectivity index (χ1) is 13.3.